The molecule has 0 radical (unpaired) electrons. The van der Waals surface area contributed by atoms with Gasteiger partial charge in [0.1, 0.15) is 5.75 Å². The molecule has 0 unspecified atom stereocenters. The molecule has 148 valence electrons. The summed E-state index contributed by atoms with van der Waals surface area (Å²) in [6.07, 6.45) is 8.60. The SMILES string of the molecule is C[C@@H](Oc1ccc2c(c1)CCCC2)C(=O)Nc1ccc(Cc2ccncc2)cc1. The third kappa shape index (κ3) is 5.02. The molecule has 29 heavy (non-hydrogen) atoms. The number of aromatic nitrogens is 1. The van der Waals surface area contributed by atoms with Crippen LogP contribution in [0.15, 0.2) is 67.0 Å². The second-order valence-corrected chi connectivity index (χ2v) is 7.62. The van der Waals surface area contributed by atoms with Gasteiger partial charge in [-0.2, -0.15) is 0 Å². The van der Waals surface area contributed by atoms with E-state index in [1.54, 1.807) is 19.3 Å². The smallest absolute Gasteiger partial charge is 0.265 e. The summed E-state index contributed by atoms with van der Waals surface area (Å²) in [5.74, 6) is 0.616. The van der Waals surface area contributed by atoms with Crippen molar-refractivity contribution in [3.05, 3.63) is 89.2 Å². The summed E-state index contributed by atoms with van der Waals surface area (Å²) in [5.41, 5.74) is 5.93. The summed E-state index contributed by atoms with van der Waals surface area (Å²) >= 11 is 0. The zero-order chi connectivity index (χ0) is 20.1. The number of pyridine rings is 1. The summed E-state index contributed by atoms with van der Waals surface area (Å²) in [5, 5.41) is 2.94. The number of carbonyl (C=O) groups excluding carboxylic acids is 1. The van der Waals surface area contributed by atoms with E-state index in [-0.39, 0.29) is 5.91 Å². The van der Waals surface area contributed by atoms with Crippen LogP contribution in [-0.4, -0.2) is 17.0 Å². The predicted molar refractivity (Wildman–Crippen MR) is 115 cm³/mol. The Kier molecular flexibility index (Phi) is 5.89. The van der Waals surface area contributed by atoms with Gasteiger partial charge in [-0.15, -0.1) is 0 Å². The largest absolute Gasteiger partial charge is 0.481 e. The Morgan fingerprint density at radius 1 is 0.966 bits per heavy atom. The minimum Gasteiger partial charge on any atom is -0.481 e. The third-order valence-electron chi connectivity index (χ3n) is 5.38. The Morgan fingerprint density at radius 2 is 1.66 bits per heavy atom. The normalized spacial score (nSPS) is 14.0. The van der Waals surface area contributed by atoms with E-state index in [0.29, 0.717) is 0 Å². The Hall–Kier alpha value is -3.14. The van der Waals surface area contributed by atoms with Crippen LogP contribution in [0.5, 0.6) is 5.75 Å². The van der Waals surface area contributed by atoms with E-state index in [1.165, 1.54) is 35.1 Å². The van der Waals surface area contributed by atoms with Gasteiger partial charge in [-0.1, -0.05) is 18.2 Å². The van der Waals surface area contributed by atoms with Crippen molar-refractivity contribution in [3.63, 3.8) is 0 Å². The monoisotopic (exact) mass is 386 g/mol. The fraction of sp³-hybridized carbons (Fsp3) is 0.280. The van der Waals surface area contributed by atoms with Gasteiger partial charge < -0.3 is 10.1 Å². The maximum Gasteiger partial charge on any atom is 0.265 e. The molecule has 0 spiro atoms. The lowest BCUT2D eigenvalue weighted by molar-refractivity contribution is -0.122. The average Bonchev–Trinajstić information content (AvgIpc) is 2.76. The molecular weight excluding hydrogens is 360 g/mol. The van der Waals surface area contributed by atoms with Crippen molar-refractivity contribution in [2.24, 2.45) is 0 Å². The van der Waals surface area contributed by atoms with Crippen molar-refractivity contribution in [2.45, 2.75) is 45.1 Å². The van der Waals surface area contributed by atoms with Gasteiger partial charge in [-0.05, 0) is 97.7 Å². The number of hydrogen-bond acceptors (Lipinski definition) is 3. The molecule has 1 aromatic heterocycles. The van der Waals surface area contributed by atoms with Crippen LogP contribution in [0.25, 0.3) is 0 Å². The number of aryl methyl sites for hydroxylation is 2. The summed E-state index contributed by atoms with van der Waals surface area (Å²) < 4.78 is 5.90. The van der Waals surface area contributed by atoms with Gasteiger partial charge in [-0.25, -0.2) is 0 Å². The van der Waals surface area contributed by atoms with Crippen molar-refractivity contribution in [2.75, 3.05) is 5.32 Å². The zero-order valence-corrected chi connectivity index (χ0v) is 16.7. The fourth-order valence-electron chi connectivity index (χ4n) is 3.73. The van der Waals surface area contributed by atoms with Crippen LogP contribution in [0.2, 0.25) is 0 Å². The highest BCUT2D eigenvalue weighted by Gasteiger charge is 2.16. The van der Waals surface area contributed by atoms with E-state index in [2.05, 4.69) is 22.4 Å². The maximum atomic E-state index is 12.5. The van der Waals surface area contributed by atoms with Crippen molar-refractivity contribution >= 4 is 11.6 Å². The second kappa shape index (κ2) is 8.91. The Bertz CT molecular complexity index is 968. The summed E-state index contributed by atoms with van der Waals surface area (Å²) in [6.45, 7) is 1.78. The molecule has 0 bridgehead atoms. The van der Waals surface area contributed by atoms with Gasteiger partial charge >= 0.3 is 0 Å². The molecule has 2 aromatic carbocycles. The molecule has 0 saturated carbocycles. The molecule has 4 nitrogen and oxygen atoms in total. The van der Waals surface area contributed by atoms with Crippen molar-refractivity contribution < 1.29 is 9.53 Å². The van der Waals surface area contributed by atoms with Crippen molar-refractivity contribution in [1.29, 1.82) is 0 Å². The predicted octanol–water partition coefficient (Wildman–Crippen LogP) is 4.96. The number of nitrogens with zero attached hydrogens (tertiary/aromatic N) is 1. The van der Waals surface area contributed by atoms with Crippen LogP contribution in [-0.2, 0) is 24.1 Å². The van der Waals surface area contributed by atoms with E-state index in [9.17, 15) is 4.79 Å². The van der Waals surface area contributed by atoms with E-state index >= 15 is 0 Å². The molecule has 1 heterocycles. The van der Waals surface area contributed by atoms with E-state index in [0.717, 1.165) is 30.7 Å². The first-order chi connectivity index (χ1) is 14.2. The molecule has 1 N–H and O–H groups in total. The molecule has 0 saturated heterocycles. The van der Waals surface area contributed by atoms with Gasteiger partial charge in [0.2, 0.25) is 0 Å². The summed E-state index contributed by atoms with van der Waals surface area (Å²) in [4.78, 5) is 16.6. The van der Waals surface area contributed by atoms with E-state index < -0.39 is 6.10 Å². The molecule has 0 aliphatic heterocycles. The molecule has 3 aromatic rings. The molecule has 4 heteroatoms. The van der Waals surface area contributed by atoms with Crippen molar-refractivity contribution in [1.82, 2.24) is 4.98 Å². The van der Waals surface area contributed by atoms with Gasteiger partial charge in [0.25, 0.3) is 5.91 Å². The molecule has 4 rings (SSSR count). The summed E-state index contributed by atoms with van der Waals surface area (Å²) in [7, 11) is 0. The van der Waals surface area contributed by atoms with Gasteiger partial charge in [0.05, 0.1) is 0 Å². The van der Waals surface area contributed by atoms with Crippen LogP contribution in [0.1, 0.15) is 42.0 Å². The number of nitrogens with one attached hydrogen (secondary N) is 1. The molecule has 1 aliphatic carbocycles. The first-order valence-corrected chi connectivity index (χ1v) is 10.2. The quantitative estimate of drug-likeness (QED) is 0.652. The average molecular weight is 386 g/mol. The Morgan fingerprint density at radius 3 is 2.41 bits per heavy atom. The highest BCUT2D eigenvalue weighted by Crippen LogP contribution is 2.26. The van der Waals surface area contributed by atoms with Gasteiger partial charge in [0, 0.05) is 18.1 Å². The van der Waals surface area contributed by atoms with E-state index in [1.807, 2.05) is 42.5 Å². The Labute approximate surface area is 172 Å². The zero-order valence-electron chi connectivity index (χ0n) is 16.7. The first kappa shape index (κ1) is 19.2. The highest BCUT2D eigenvalue weighted by molar-refractivity contribution is 5.94. The van der Waals surface area contributed by atoms with Crippen LogP contribution >= 0.6 is 0 Å². The molecule has 1 aliphatic rings. The Balaban J connectivity index is 1.33. The molecule has 1 amide bonds. The fourth-order valence-corrected chi connectivity index (χ4v) is 3.73. The number of anilines is 1. The van der Waals surface area contributed by atoms with Gasteiger partial charge in [-0.3, -0.25) is 9.78 Å². The number of fused-ring (bicyclic) bond motifs is 1. The number of carbonyl (C=O) groups is 1. The second-order valence-electron chi connectivity index (χ2n) is 7.62. The number of hydrogen-bond donors (Lipinski definition) is 1. The van der Waals surface area contributed by atoms with Crippen LogP contribution in [0.4, 0.5) is 5.69 Å². The first-order valence-electron chi connectivity index (χ1n) is 10.2. The standard InChI is InChI=1S/C25H26N2O2/c1-18(29-24-11-8-21-4-2-3-5-22(21)17-24)25(28)27-23-9-6-19(7-10-23)16-20-12-14-26-15-13-20/h6-15,17-18H,2-5,16H2,1H3,(H,27,28)/t18-/m1/s1. The molecular formula is C25H26N2O2. The highest BCUT2D eigenvalue weighted by atomic mass is 16.5. The van der Waals surface area contributed by atoms with Crippen LogP contribution in [0, 0.1) is 0 Å². The number of benzene rings is 2. The lowest BCUT2D eigenvalue weighted by Gasteiger charge is -2.19. The van der Waals surface area contributed by atoms with E-state index in [4.69, 9.17) is 4.74 Å². The molecule has 1 atom stereocenters. The number of amides is 1. The number of ether oxygens (including phenoxy) is 1. The minimum absolute atomic E-state index is 0.149. The lowest BCUT2D eigenvalue weighted by atomic mass is 9.92. The van der Waals surface area contributed by atoms with Crippen molar-refractivity contribution in [3.8, 4) is 5.75 Å². The third-order valence-corrected chi connectivity index (χ3v) is 5.38. The lowest BCUT2D eigenvalue weighted by Crippen LogP contribution is -2.30. The molecule has 0 fully saturated rings. The van der Waals surface area contributed by atoms with Crippen LogP contribution < -0.4 is 10.1 Å². The summed E-state index contributed by atoms with van der Waals surface area (Å²) in [6, 6.07) is 18.1. The van der Waals surface area contributed by atoms with Crippen LogP contribution in [0.3, 0.4) is 0 Å². The topological polar surface area (TPSA) is 51.2 Å². The number of rotatable bonds is 6. The maximum absolute atomic E-state index is 12.5. The minimum atomic E-state index is -0.562. The van der Waals surface area contributed by atoms with Gasteiger partial charge in [0.15, 0.2) is 6.10 Å².